The third-order valence-electron chi connectivity index (χ3n) is 3.31. The lowest BCUT2D eigenvalue weighted by molar-refractivity contribution is 0.291. The van der Waals surface area contributed by atoms with E-state index in [0.717, 1.165) is 11.0 Å². The summed E-state index contributed by atoms with van der Waals surface area (Å²) in [5.74, 6) is 0. The molecule has 14 heavy (non-hydrogen) atoms. The molecule has 3 rings (SSSR count). The van der Waals surface area contributed by atoms with Gasteiger partial charge in [-0.05, 0) is 37.5 Å². The van der Waals surface area contributed by atoms with Gasteiger partial charge in [0.2, 0.25) is 0 Å². The smallest absolute Gasteiger partial charge is 0.0592 e. The maximum Gasteiger partial charge on any atom is 0.0592 e. The molecule has 2 aliphatic rings. The molecule has 0 unspecified atom stereocenters. The van der Waals surface area contributed by atoms with Crippen LogP contribution in [0.3, 0.4) is 0 Å². The maximum absolute atomic E-state index is 3.66. The lowest BCUT2D eigenvalue weighted by Crippen LogP contribution is -2.52. The summed E-state index contributed by atoms with van der Waals surface area (Å²) in [7, 11) is 0. The van der Waals surface area contributed by atoms with Crippen LogP contribution in [-0.4, -0.2) is 12.1 Å². The van der Waals surface area contributed by atoms with E-state index in [1.54, 1.807) is 0 Å². The average Bonchev–Trinajstić information content (AvgIpc) is 2.14. The highest BCUT2D eigenvalue weighted by Gasteiger charge is 2.39. The van der Waals surface area contributed by atoms with Gasteiger partial charge in [-0.1, -0.05) is 15.9 Å². The SMILES string of the molecule is Brc1ccc2c(c1)NC1(CCC1)CN2. The molecular weight excluding hydrogens is 240 g/mol. The van der Waals surface area contributed by atoms with Crippen LogP contribution in [0, 0.1) is 0 Å². The molecule has 1 aliphatic heterocycles. The lowest BCUT2D eigenvalue weighted by atomic mass is 9.75. The van der Waals surface area contributed by atoms with Crippen LogP contribution in [0.2, 0.25) is 0 Å². The van der Waals surface area contributed by atoms with Gasteiger partial charge in [0.05, 0.1) is 16.9 Å². The largest absolute Gasteiger partial charge is 0.381 e. The normalized spacial score (nSPS) is 21.8. The van der Waals surface area contributed by atoms with E-state index in [0.29, 0.717) is 5.54 Å². The number of hydrogen-bond acceptors (Lipinski definition) is 2. The second kappa shape index (κ2) is 2.89. The number of nitrogens with one attached hydrogen (secondary N) is 2. The number of anilines is 2. The van der Waals surface area contributed by atoms with Crippen molar-refractivity contribution in [2.24, 2.45) is 0 Å². The zero-order valence-corrected chi connectivity index (χ0v) is 9.52. The van der Waals surface area contributed by atoms with Crippen LogP contribution < -0.4 is 10.6 Å². The molecular formula is C11H13BrN2. The minimum absolute atomic E-state index is 0.355. The lowest BCUT2D eigenvalue weighted by Gasteiger charge is -2.47. The van der Waals surface area contributed by atoms with Gasteiger partial charge >= 0.3 is 0 Å². The van der Waals surface area contributed by atoms with Gasteiger partial charge < -0.3 is 10.6 Å². The Labute approximate surface area is 92.2 Å². The summed E-state index contributed by atoms with van der Waals surface area (Å²) in [6.45, 7) is 1.07. The molecule has 0 amide bonds. The van der Waals surface area contributed by atoms with E-state index >= 15 is 0 Å². The van der Waals surface area contributed by atoms with Crippen molar-refractivity contribution in [2.45, 2.75) is 24.8 Å². The molecule has 74 valence electrons. The topological polar surface area (TPSA) is 24.1 Å². The molecule has 0 bridgehead atoms. The molecule has 1 spiro atoms. The monoisotopic (exact) mass is 252 g/mol. The van der Waals surface area contributed by atoms with Crippen LogP contribution >= 0.6 is 15.9 Å². The van der Waals surface area contributed by atoms with Gasteiger partial charge in [-0.25, -0.2) is 0 Å². The van der Waals surface area contributed by atoms with E-state index in [-0.39, 0.29) is 0 Å². The Kier molecular flexibility index (Phi) is 1.78. The van der Waals surface area contributed by atoms with Gasteiger partial charge in [-0.2, -0.15) is 0 Å². The molecule has 0 aromatic heterocycles. The molecule has 1 aromatic carbocycles. The number of benzene rings is 1. The second-order valence-electron chi connectivity index (χ2n) is 4.30. The van der Waals surface area contributed by atoms with Crippen molar-refractivity contribution >= 4 is 27.3 Å². The van der Waals surface area contributed by atoms with E-state index in [2.05, 4.69) is 44.8 Å². The summed E-state index contributed by atoms with van der Waals surface area (Å²) < 4.78 is 1.14. The molecule has 0 saturated heterocycles. The zero-order valence-electron chi connectivity index (χ0n) is 7.94. The Morgan fingerprint density at radius 3 is 2.79 bits per heavy atom. The first-order valence-electron chi connectivity index (χ1n) is 5.09. The Morgan fingerprint density at radius 1 is 1.21 bits per heavy atom. The first kappa shape index (κ1) is 8.60. The molecule has 1 fully saturated rings. The third-order valence-corrected chi connectivity index (χ3v) is 3.80. The molecule has 2 N–H and O–H groups in total. The summed E-state index contributed by atoms with van der Waals surface area (Å²) in [5.41, 5.74) is 2.82. The molecule has 1 heterocycles. The van der Waals surface area contributed by atoms with Crippen molar-refractivity contribution in [1.29, 1.82) is 0 Å². The van der Waals surface area contributed by atoms with E-state index in [4.69, 9.17) is 0 Å². The van der Waals surface area contributed by atoms with Crippen molar-refractivity contribution in [3.05, 3.63) is 22.7 Å². The van der Waals surface area contributed by atoms with Gasteiger partial charge in [0.1, 0.15) is 0 Å². The first-order chi connectivity index (χ1) is 6.77. The summed E-state index contributed by atoms with van der Waals surface area (Å²) >= 11 is 3.50. The Bertz CT molecular complexity index is 372. The van der Waals surface area contributed by atoms with Gasteiger partial charge in [-0.15, -0.1) is 0 Å². The fourth-order valence-corrected chi connectivity index (χ4v) is 2.63. The molecule has 3 heteroatoms. The average molecular weight is 253 g/mol. The highest BCUT2D eigenvalue weighted by Crippen LogP contribution is 2.41. The highest BCUT2D eigenvalue weighted by atomic mass is 79.9. The van der Waals surface area contributed by atoms with E-state index < -0.39 is 0 Å². The van der Waals surface area contributed by atoms with Crippen molar-refractivity contribution in [3.8, 4) is 0 Å². The third kappa shape index (κ3) is 1.22. The summed E-state index contributed by atoms with van der Waals surface area (Å²) in [6.07, 6.45) is 3.95. The Hall–Kier alpha value is -0.700. The predicted molar refractivity (Wildman–Crippen MR) is 62.8 cm³/mol. The Morgan fingerprint density at radius 2 is 2.07 bits per heavy atom. The number of hydrogen-bond donors (Lipinski definition) is 2. The van der Waals surface area contributed by atoms with E-state index in [1.165, 1.54) is 30.6 Å². The van der Waals surface area contributed by atoms with Crippen LogP contribution in [0.5, 0.6) is 0 Å². The molecule has 1 aromatic rings. The molecule has 0 atom stereocenters. The van der Waals surface area contributed by atoms with Gasteiger partial charge in [0, 0.05) is 11.0 Å². The zero-order chi connectivity index (χ0) is 9.60. The summed E-state index contributed by atoms with van der Waals surface area (Å²) in [5, 5.41) is 7.16. The minimum atomic E-state index is 0.355. The fourth-order valence-electron chi connectivity index (χ4n) is 2.27. The van der Waals surface area contributed by atoms with Crippen molar-refractivity contribution in [1.82, 2.24) is 0 Å². The first-order valence-corrected chi connectivity index (χ1v) is 5.88. The van der Waals surface area contributed by atoms with Gasteiger partial charge in [0.15, 0.2) is 0 Å². The van der Waals surface area contributed by atoms with Crippen LogP contribution in [0.15, 0.2) is 22.7 Å². The van der Waals surface area contributed by atoms with E-state index in [9.17, 15) is 0 Å². The fraction of sp³-hybridized carbons (Fsp3) is 0.455. The molecule has 0 radical (unpaired) electrons. The minimum Gasteiger partial charge on any atom is -0.381 e. The predicted octanol–water partition coefficient (Wildman–Crippen LogP) is 3.21. The summed E-state index contributed by atoms with van der Waals surface area (Å²) in [6, 6.07) is 6.35. The highest BCUT2D eigenvalue weighted by molar-refractivity contribution is 9.10. The van der Waals surface area contributed by atoms with Crippen LogP contribution in [0.4, 0.5) is 11.4 Å². The quantitative estimate of drug-likeness (QED) is 0.741. The Balaban J connectivity index is 1.96. The number of rotatable bonds is 0. The number of fused-ring (bicyclic) bond motifs is 1. The van der Waals surface area contributed by atoms with Crippen LogP contribution in [0.25, 0.3) is 0 Å². The van der Waals surface area contributed by atoms with Crippen LogP contribution in [0.1, 0.15) is 19.3 Å². The second-order valence-corrected chi connectivity index (χ2v) is 5.22. The van der Waals surface area contributed by atoms with Crippen molar-refractivity contribution < 1.29 is 0 Å². The molecule has 1 saturated carbocycles. The van der Waals surface area contributed by atoms with Crippen molar-refractivity contribution in [2.75, 3.05) is 17.2 Å². The summed E-state index contributed by atoms with van der Waals surface area (Å²) in [4.78, 5) is 0. The molecule has 2 nitrogen and oxygen atoms in total. The van der Waals surface area contributed by atoms with Crippen LogP contribution in [-0.2, 0) is 0 Å². The maximum atomic E-state index is 3.66. The van der Waals surface area contributed by atoms with Gasteiger partial charge in [-0.3, -0.25) is 0 Å². The van der Waals surface area contributed by atoms with Gasteiger partial charge in [0.25, 0.3) is 0 Å². The van der Waals surface area contributed by atoms with Crippen molar-refractivity contribution in [3.63, 3.8) is 0 Å². The standard InChI is InChI=1S/C11H13BrN2/c12-8-2-3-9-10(6-8)14-11(7-13-9)4-1-5-11/h2-3,6,13-14H,1,4-5,7H2. The molecule has 1 aliphatic carbocycles. The van der Waals surface area contributed by atoms with E-state index in [1.807, 2.05) is 0 Å². The number of halogens is 1.